The molecule has 0 amide bonds. The molecule has 1 aliphatic heterocycles. The van der Waals surface area contributed by atoms with Crippen LogP contribution >= 0.6 is 0 Å². The molecule has 4 heteroatoms. The van der Waals surface area contributed by atoms with Gasteiger partial charge in [-0.1, -0.05) is 0 Å². The molecule has 4 nitrogen and oxygen atoms in total. The smallest absolute Gasteiger partial charge is 0.0532 e. The van der Waals surface area contributed by atoms with Gasteiger partial charge in [-0.25, -0.2) is 0 Å². The first-order valence-electron chi connectivity index (χ1n) is 4.74. The first-order chi connectivity index (χ1) is 6.45. The van der Waals surface area contributed by atoms with E-state index < -0.39 is 0 Å². The number of aromatic nitrogens is 2. The lowest BCUT2D eigenvalue weighted by molar-refractivity contribution is 0.0776. The van der Waals surface area contributed by atoms with Crippen molar-refractivity contribution in [1.29, 1.82) is 0 Å². The normalized spacial score (nSPS) is 19.1. The zero-order valence-electron chi connectivity index (χ0n) is 7.62. The van der Waals surface area contributed by atoms with E-state index in [2.05, 4.69) is 15.5 Å². The fraction of sp³-hybridized carbons (Fsp3) is 0.667. The van der Waals surface area contributed by atoms with Gasteiger partial charge >= 0.3 is 0 Å². The van der Waals surface area contributed by atoms with Crippen molar-refractivity contribution in [2.75, 3.05) is 13.2 Å². The van der Waals surface area contributed by atoms with Gasteiger partial charge in [-0.3, -0.25) is 5.10 Å². The summed E-state index contributed by atoms with van der Waals surface area (Å²) in [6, 6.07) is 0.614. The van der Waals surface area contributed by atoms with E-state index in [1.165, 1.54) is 5.56 Å². The maximum absolute atomic E-state index is 5.28. The maximum atomic E-state index is 5.28. The lowest BCUT2D eigenvalue weighted by Crippen LogP contribution is -2.34. The van der Waals surface area contributed by atoms with Gasteiger partial charge in [0.15, 0.2) is 0 Å². The minimum atomic E-state index is 0.614. The predicted octanol–water partition coefficient (Wildman–Crippen LogP) is 0.678. The van der Waals surface area contributed by atoms with Crippen LogP contribution in [0, 0.1) is 0 Å². The summed E-state index contributed by atoms with van der Waals surface area (Å²) in [4.78, 5) is 0. The Morgan fingerprint density at radius 1 is 1.54 bits per heavy atom. The molecule has 1 saturated heterocycles. The molecule has 13 heavy (non-hydrogen) atoms. The van der Waals surface area contributed by atoms with Crippen LogP contribution in [-0.4, -0.2) is 29.5 Å². The first-order valence-corrected chi connectivity index (χ1v) is 4.74. The van der Waals surface area contributed by atoms with Crippen molar-refractivity contribution in [3.8, 4) is 0 Å². The maximum Gasteiger partial charge on any atom is 0.0532 e. The van der Waals surface area contributed by atoms with E-state index >= 15 is 0 Å². The molecule has 0 aromatic carbocycles. The van der Waals surface area contributed by atoms with Crippen LogP contribution in [0.4, 0.5) is 0 Å². The third-order valence-electron chi connectivity index (χ3n) is 2.37. The number of ether oxygens (including phenoxy) is 1. The molecule has 2 N–H and O–H groups in total. The van der Waals surface area contributed by atoms with Crippen LogP contribution in [0.25, 0.3) is 0 Å². The van der Waals surface area contributed by atoms with Crippen molar-refractivity contribution in [1.82, 2.24) is 15.5 Å². The second-order valence-corrected chi connectivity index (χ2v) is 3.37. The van der Waals surface area contributed by atoms with Gasteiger partial charge < -0.3 is 10.1 Å². The number of H-pyrrole nitrogens is 1. The van der Waals surface area contributed by atoms with Crippen molar-refractivity contribution in [3.63, 3.8) is 0 Å². The van der Waals surface area contributed by atoms with Crippen LogP contribution in [0.15, 0.2) is 12.4 Å². The molecule has 1 aliphatic rings. The van der Waals surface area contributed by atoms with E-state index in [1.54, 1.807) is 0 Å². The summed E-state index contributed by atoms with van der Waals surface area (Å²) in [6.07, 6.45) is 6.02. The number of hydrogen-bond donors (Lipinski definition) is 2. The minimum Gasteiger partial charge on any atom is -0.381 e. The molecule has 1 aromatic rings. The van der Waals surface area contributed by atoms with Crippen molar-refractivity contribution in [2.45, 2.75) is 25.4 Å². The summed E-state index contributed by atoms with van der Waals surface area (Å²) in [6.45, 7) is 2.69. The van der Waals surface area contributed by atoms with Crippen molar-refractivity contribution >= 4 is 0 Å². The van der Waals surface area contributed by atoms with Crippen molar-refractivity contribution in [2.24, 2.45) is 0 Å². The monoisotopic (exact) mass is 181 g/mol. The molecule has 0 saturated carbocycles. The Morgan fingerprint density at radius 2 is 2.38 bits per heavy atom. The fourth-order valence-electron chi connectivity index (χ4n) is 1.54. The second kappa shape index (κ2) is 4.39. The van der Waals surface area contributed by atoms with Crippen molar-refractivity contribution < 1.29 is 4.74 Å². The highest BCUT2D eigenvalue weighted by molar-refractivity contribution is 5.01. The van der Waals surface area contributed by atoms with E-state index in [0.29, 0.717) is 6.04 Å². The molecule has 0 bridgehead atoms. The Balaban J connectivity index is 1.72. The molecule has 2 heterocycles. The van der Waals surface area contributed by atoms with Crippen LogP contribution in [-0.2, 0) is 11.3 Å². The molecule has 0 aliphatic carbocycles. The van der Waals surface area contributed by atoms with Gasteiger partial charge in [0, 0.05) is 37.6 Å². The topological polar surface area (TPSA) is 49.9 Å². The predicted molar refractivity (Wildman–Crippen MR) is 49.3 cm³/mol. The zero-order chi connectivity index (χ0) is 8.93. The number of aromatic amines is 1. The summed E-state index contributed by atoms with van der Waals surface area (Å²) >= 11 is 0. The highest BCUT2D eigenvalue weighted by atomic mass is 16.5. The van der Waals surface area contributed by atoms with Gasteiger partial charge in [0.2, 0.25) is 0 Å². The molecular weight excluding hydrogens is 166 g/mol. The Morgan fingerprint density at radius 3 is 3.08 bits per heavy atom. The van der Waals surface area contributed by atoms with Gasteiger partial charge in [-0.2, -0.15) is 5.10 Å². The molecule has 0 atom stereocenters. The van der Waals surface area contributed by atoms with Gasteiger partial charge in [0.05, 0.1) is 6.20 Å². The summed E-state index contributed by atoms with van der Waals surface area (Å²) in [5, 5.41) is 10.2. The Hall–Kier alpha value is -0.870. The van der Waals surface area contributed by atoms with Crippen LogP contribution < -0.4 is 5.32 Å². The molecule has 2 rings (SSSR count). The SMILES string of the molecule is c1n[nH]cc1CNC1CCOCC1. The zero-order valence-corrected chi connectivity index (χ0v) is 7.62. The number of hydrogen-bond acceptors (Lipinski definition) is 3. The number of rotatable bonds is 3. The highest BCUT2D eigenvalue weighted by Crippen LogP contribution is 2.06. The molecule has 1 fully saturated rings. The van der Waals surface area contributed by atoms with Gasteiger partial charge in [0.25, 0.3) is 0 Å². The van der Waals surface area contributed by atoms with Crippen LogP contribution in [0.1, 0.15) is 18.4 Å². The Bertz CT molecular complexity index is 229. The van der Waals surface area contributed by atoms with Crippen molar-refractivity contribution in [3.05, 3.63) is 18.0 Å². The van der Waals surface area contributed by atoms with E-state index in [4.69, 9.17) is 4.74 Å². The summed E-state index contributed by atoms with van der Waals surface area (Å²) in [7, 11) is 0. The van der Waals surface area contributed by atoms with E-state index in [9.17, 15) is 0 Å². The summed E-state index contributed by atoms with van der Waals surface area (Å²) in [5.74, 6) is 0. The van der Waals surface area contributed by atoms with Gasteiger partial charge in [-0.15, -0.1) is 0 Å². The fourth-order valence-corrected chi connectivity index (χ4v) is 1.54. The number of nitrogens with one attached hydrogen (secondary N) is 2. The van der Waals surface area contributed by atoms with E-state index in [1.807, 2.05) is 12.4 Å². The third kappa shape index (κ3) is 2.54. The standard InChI is InChI=1S/C9H15N3O/c1-3-13-4-2-9(1)10-5-8-6-11-12-7-8/h6-7,9-10H,1-5H2,(H,11,12). The number of nitrogens with zero attached hydrogens (tertiary/aromatic N) is 1. The average Bonchev–Trinajstić information content (AvgIpc) is 2.69. The Labute approximate surface area is 77.7 Å². The largest absolute Gasteiger partial charge is 0.381 e. The quantitative estimate of drug-likeness (QED) is 0.721. The molecule has 0 spiro atoms. The molecule has 72 valence electrons. The van der Waals surface area contributed by atoms with E-state index in [0.717, 1.165) is 32.6 Å². The van der Waals surface area contributed by atoms with E-state index in [-0.39, 0.29) is 0 Å². The van der Waals surface area contributed by atoms with Crippen LogP contribution in [0.3, 0.4) is 0 Å². The lowest BCUT2D eigenvalue weighted by Gasteiger charge is -2.22. The lowest BCUT2D eigenvalue weighted by atomic mass is 10.1. The first kappa shape index (κ1) is 8.72. The highest BCUT2D eigenvalue weighted by Gasteiger charge is 2.12. The third-order valence-corrected chi connectivity index (χ3v) is 2.37. The molecular formula is C9H15N3O. The molecule has 0 radical (unpaired) electrons. The van der Waals surface area contributed by atoms with Gasteiger partial charge in [-0.05, 0) is 12.8 Å². The van der Waals surface area contributed by atoms with Crippen LogP contribution in [0.2, 0.25) is 0 Å². The summed E-state index contributed by atoms with van der Waals surface area (Å²) < 4.78 is 5.28. The average molecular weight is 181 g/mol. The Kier molecular flexibility index (Phi) is 2.94. The second-order valence-electron chi connectivity index (χ2n) is 3.37. The minimum absolute atomic E-state index is 0.614. The van der Waals surface area contributed by atoms with Crippen LogP contribution in [0.5, 0.6) is 0 Å². The summed E-state index contributed by atoms with van der Waals surface area (Å²) in [5.41, 5.74) is 1.21. The molecule has 1 aromatic heterocycles. The molecule has 0 unspecified atom stereocenters. The van der Waals surface area contributed by atoms with Gasteiger partial charge in [0.1, 0.15) is 0 Å².